The van der Waals surface area contributed by atoms with Crippen molar-refractivity contribution in [2.45, 2.75) is 13.0 Å². The number of carbonyl (C=O) groups excluding carboxylic acids is 1. The first-order valence-electron chi connectivity index (χ1n) is 11.8. The molecule has 3 aromatic carbocycles. The quantitative estimate of drug-likeness (QED) is 0.385. The fraction of sp³-hybridized carbons (Fsp3) is 0.138. The van der Waals surface area contributed by atoms with Crippen molar-refractivity contribution < 1.29 is 14.3 Å². The van der Waals surface area contributed by atoms with Crippen LogP contribution in [0, 0.1) is 0 Å². The maximum Gasteiger partial charge on any atom is 0.271 e. The zero-order chi connectivity index (χ0) is 26.8. The van der Waals surface area contributed by atoms with Gasteiger partial charge in [0.05, 0.1) is 36.1 Å². The summed E-state index contributed by atoms with van der Waals surface area (Å²) >= 11 is 7.42. The van der Waals surface area contributed by atoms with E-state index in [1.807, 2.05) is 48.5 Å². The number of allylic oxidation sites excluding steroid dienone is 1. The molecule has 5 rings (SSSR count). The molecule has 7 nitrogen and oxygen atoms in total. The second-order valence-corrected chi connectivity index (χ2v) is 10.0. The number of thiazole rings is 1. The summed E-state index contributed by atoms with van der Waals surface area (Å²) in [6.07, 6.45) is 1.77. The summed E-state index contributed by atoms with van der Waals surface area (Å²) in [7, 11) is 3.15. The molecule has 0 bridgehead atoms. The summed E-state index contributed by atoms with van der Waals surface area (Å²) in [5.74, 6) is 0.889. The molecule has 192 valence electrons. The van der Waals surface area contributed by atoms with Gasteiger partial charge in [0.2, 0.25) is 0 Å². The normalized spacial score (nSPS) is 15.1. The highest BCUT2D eigenvalue weighted by Crippen LogP contribution is 2.31. The lowest BCUT2D eigenvalue weighted by Crippen LogP contribution is -2.40. The van der Waals surface area contributed by atoms with Gasteiger partial charge in [-0.2, -0.15) is 0 Å². The third-order valence-electron chi connectivity index (χ3n) is 6.21. The third-order valence-corrected chi connectivity index (χ3v) is 7.45. The molecule has 2 heterocycles. The Balaban J connectivity index is 1.67. The first-order chi connectivity index (χ1) is 18.4. The zero-order valence-electron chi connectivity index (χ0n) is 20.9. The number of rotatable bonds is 6. The lowest BCUT2D eigenvalue weighted by atomic mass is 9.95. The Kier molecular flexibility index (Phi) is 7.18. The fourth-order valence-corrected chi connectivity index (χ4v) is 5.53. The van der Waals surface area contributed by atoms with Gasteiger partial charge < -0.3 is 14.8 Å². The van der Waals surface area contributed by atoms with E-state index in [0.29, 0.717) is 42.8 Å². The van der Waals surface area contributed by atoms with Crippen molar-refractivity contribution in [3.05, 3.63) is 120 Å². The number of fused-ring (bicyclic) bond motifs is 1. The number of hydrogen-bond donors (Lipinski definition) is 1. The molecule has 38 heavy (non-hydrogen) atoms. The minimum atomic E-state index is -0.688. The largest absolute Gasteiger partial charge is 0.497 e. The maximum atomic E-state index is 13.9. The first kappa shape index (κ1) is 25.5. The number of benzene rings is 3. The molecule has 1 aliphatic heterocycles. The maximum absolute atomic E-state index is 13.9. The van der Waals surface area contributed by atoms with E-state index in [2.05, 4.69) is 10.3 Å². The van der Waals surface area contributed by atoms with Crippen LogP contribution >= 0.6 is 22.9 Å². The summed E-state index contributed by atoms with van der Waals surface area (Å²) in [6, 6.07) is 21.0. The standard InChI is InChI=1S/C29H24ClN3O4S/c1-17-25(27(34)32-21-7-5-4-6-8-21)26(18-9-12-20(30)13-10-18)33-28(35)24(38-29(33)31-17)15-19-11-14-22(36-2)16-23(19)37-3/h4-16,26H,1-3H3,(H,32,34). The lowest BCUT2D eigenvalue weighted by Gasteiger charge is -2.25. The van der Waals surface area contributed by atoms with Crippen LogP contribution in [0.5, 0.6) is 11.5 Å². The van der Waals surface area contributed by atoms with E-state index in [1.165, 1.54) is 11.3 Å². The lowest BCUT2D eigenvalue weighted by molar-refractivity contribution is -0.113. The van der Waals surface area contributed by atoms with Gasteiger partial charge >= 0.3 is 0 Å². The molecule has 0 radical (unpaired) electrons. The van der Waals surface area contributed by atoms with Gasteiger partial charge in [0.15, 0.2) is 4.80 Å². The number of methoxy groups -OCH3 is 2. The number of amides is 1. The topological polar surface area (TPSA) is 81.9 Å². The van der Waals surface area contributed by atoms with Gasteiger partial charge in [-0.05, 0) is 55.0 Å². The van der Waals surface area contributed by atoms with Crippen LogP contribution in [-0.4, -0.2) is 24.7 Å². The molecule has 9 heteroatoms. The molecule has 1 aromatic heterocycles. The second kappa shape index (κ2) is 10.7. The van der Waals surface area contributed by atoms with Gasteiger partial charge in [-0.1, -0.05) is 53.3 Å². The van der Waals surface area contributed by atoms with Gasteiger partial charge in [0, 0.05) is 22.3 Å². The summed E-state index contributed by atoms with van der Waals surface area (Å²) in [5, 5.41) is 3.50. The van der Waals surface area contributed by atoms with E-state index in [4.69, 9.17) is 21.1 Å². The van der Waals surface area contributed by atoms with Gasteiger partial charge in [0.1, 0.15) is 11.5 Å². The van der Waals surface area contributed by atoms with Gasteiger partial charge in [-0.3, -0.25) is 14.2 Å². The summed E-state index contributed by atoms with van der Waals surface area (Å²) in [4.78, 5) is 32.6. The van der Waals surface area contributed by atoms with E-state index in [9.17, 15) is 9.59 Å². The first-order valence-corrected chi connectivity index (χ1v) is 13.0. The number of anilines is 1. The molecular formula is C29H24ClN3O4S. The highest BCUT2D eigenvalue weighted by Gasteiger charge is 2.32. The van der Waals surface area contributed by atoms with E-state index >= 15 is 0 Å². The van der Waals surface area contributed by atoms with E-state index < -0.39 is 6.04 Å². The van der Waals surface area contributed by atoms with Crippen LogP contribution in [-0.2, 0) is 4.79 Å². The van der Waals surface area contributed by atoms with Crippen LogP contribution in [0.3, 0.4) is 0 Å². The molecule has 1 N–H and O–H groups in total. The van der Waals surface area contributed by atoms with Crippen molar-refractivity contribution in [2.75, 3.05) is 19.5 Å². The molecule has 0 saturated carbocycles. The summed E-state index contributed by atoms with van der Waals surface area (Å²) in [6.45, 7) is 1.78. The minimum Gasteiger partial charge on any atom is -0.497 e. The number of carbonyl (C=O) groups is 1. The van der Waals surface area contributed by atoms with E-state index in [0.717, 1.165) is 11.1 Å². The van der Waals surface area contributed by atoms with Crippen molar-refractivity contribution in [1.29, 1.82) is 0 Å². The molecule has 1 unspecified atom stereocenters. The predicted octanol–water partition coefficient (Wildman–Crippen LogP) is 4.54. The number of halogens is 1. The molecule has 1 atom stereocenters. The highest BCUT2D eigenvalue weighted by molar-refractivity contribution is 7.07. The number of hydrogen-bond acceptors (Lipinski definition) is 6. The monoisotopic (exact) mass is 545 g/mol. The molecule has 0 spiro atoms. The fourth-order valence-electron chi connectivity index (χ4n) is 4.37. The number of aromatic nitrogens is 1. The Bertz CT molecular complexity index is 1720. The molecule has 0 aliphatic carbocycles. The zero-order valence-corrected chi connectivity index (χ0v) is 22.5. The summed E-state index contributed by atoms with van der Waals surface area (Å²) < 4.78 is 12.8. The van der Waals surface area contributed by atoms with Crippen molar-refractivity contribution in [3.8, 4) is 11.5 Å². The second-order valence-electron chi connectivity index (χ2n) is 8.56. The minimum absolute atomic E-state index is 0.260. The van der Waals surface area contributed by atoms with Crippen molar-refractivity contribution in [2.24, 2.45) is 4.99 Å². The van der Waals surface area contributed by atoms with Crippen LogP contribution in [0.1, 0.15) is 24.1 Å². The van der Waals surface area contributed by atoms with Gasteiger partial charge in [0.25, 0.3) is 11.5 Å². The van der Waals surface area contributed by atoms with Crippen LogP contribution < -0.4 is 29.7 Å². The molecule has 1 aliphatic rings. The Labute approximate surface area is 228 Å². The van der Waals surface area contributed by atoms with Crippen LogP contribution in [0.15, 0.2) is 93.9 Å². The van der Waals surface area contributed by atoms with E-state index in [1.54, 1.807) is 56.1 Å². The Morgan fingerprint density at radius 1 is 1.05 bits per heavy atom. The SMILES string of the molecule is COc1ccc(C=c2sc3n(c2=O)C(c2ccc(Cl)cc2)C(C(=O)Nc2ccccc2)=C(C)N=3)c(OC)c1. The Hall–Kier alpha value is -4.14. The van der Waals surface area contributed by atoms with Crippen molar-refractivity contribution >= 4 is 40.6 Å². The van der Waals surface area contributed by atoms with Crippen LogP contribution in [0.2, 0.25) is 5.02 Å². The highest BCUT2D eigenvalue weighted by atomic mass is 35.5. The average molecular weight is 546 g/mol. The third kappa shape index (κ3) is 4.88. The number of ether oxygens (including phenoxy) is 2. The van der Waals surface area contributed by atoms with Crippen molar-refractivity contribution in [1.82, 2.24) is 4.57 Å². The number of para-hydroxylation sites is 1. The molecule has 4 aromatic rings. The molecule has 0 fully saturated rings. The Morgan fingerprint density at radius 2 is 1.79 bits per heavy atom. The van der Waals surface area contributed by atoms with Crippen molar-refractivity contribution in [3.63, 3.8) is 0 Å². The van der Waals surface area contributed by atoms with Gasteiger partial charge in [-0.15, -0.1) is 0 Å². The Morgan fingerprint density at radius 3 is 2.47 bits per heavy atom. The number of nitrogens with zero attached hydrogens (tertiary/aromatic N) is 2. The van der Waals surface area contributed by atoms with Gasteiger partial charge in [-0.25, -0.2) is 4.99 Å². The van der Waals surface area contributed by atoms with Crippen LogP contribution in [0.25, 0.3) is 6.08 Å². The molecule has 1 amide bonds. The molecule has 0 saturated heterocycles. The number of nitrogens with one attached hydrogen (secondary N) is 1. The van der Waals surface area contributed by atoms with E-state index in [-0.39, 0.29) is 11.5 Å². The van der Waals surface area contributed by atoms with Crippen LogP contribution in [0.4, 0.5) is 5.69 Å². The summed E-state index contributed by atoms with van der Waals surface area (Å²) in [5.41, 5.74) is 2.78. The average Bonchev–Trinajstić information content (AvgIpc) is 3.23. The predicted molar refractivity (Wildman–Crippen MR) is 150 cm³/mol. The smallest absolute Gasteiger partial charge is 0.271 e. The molecular weight excluding hydrogens is 522 g/mol.